The largest absolute Gasteiger partial charge is 0.457 e. The first kappa shape index (κ1) is 34.4. The summed E-state index contributed by atoms with van der Waals surface area (Å²) in [4.78, 5) is 9.94. The zero-order chi connectivity index (χ0) is 39.6. The van der Waals surface area contributed by atoms with Crippen LogP contribution in [0.25, 0.3) is 44.3 Å². The molecule has 3 heterocycles. The lowest BCUT2D eigenvalue weighted by molar-refractivity contribution is 0.409. The Morgan fingerprint density at radius 1 is 0.450 bits per heavy atom. The number of ether oxygens (including phenoxy) is 1. The van der Waals surface area contributed by atoms with Gasteiger partial charge >= 0.3 is 0 Å². The van der Waals surface area contributed by atoms with E-state index in [0.717, 1.165) is 67.2 Å². The molecule has 0 saturated carbocycles. The number of para-hydroxylation sites is 3. The third kappa shape index (κ3) is 5.37. The molecule has 60 heavy (non-hydrogen) atoms. The minimum atomic E-state index is -0.577. The summed E-state index contributed by atoms with van der Waals surface area (Å²) in [5.41, 5.74) is 15.6. The van der Waals surface area contributed by atoms with Gasteiger partial charge in [0.1, 0.15) is 29.7 Å². The van der Waals surface area contributed by atoms with Crippen LogP contribution in [0.5, 0.6) is 11.5 Å². The Morgan fingerprint density at radius 3 is 1.83 bits per heavy atom. The number of benzene rings is 8. The molecule has 1 aromatic heterocycles. The Labute approximate surface area is 348 Å². The first-order valence-electron chi connectivity index (χ1n) is 20.5. The monoisotopic (exact) mass is 770 g/mol. The van der Waals surface area contributed by atoms with Crippen molar-refractivity contribution in [2.24, 2.45) is 4.99 Å². The normalized spacial score (nSPS) is 16.8. The van der Waals surface area contributed by atoms with Crippen molar-refractivity contribution in [3.63, 3.8) is 0 Å². The summed E-state index contributed by atoms with van der Waals surface area (Å²) >= 11 is 0. The molecule has 2 N–H and O–H groups in total. The van der Waals surface area contributed by atoms with E-state index in [2.05, 4.69) is 204 Å². The third-order valence-corrected chi connectivity index (χ3v) is 12.5. The molecule has 284 valence electrons. The number of aromatic nitrogens is 1. The lowest BCUT2D eigenvalue weighted by atomic mass is 9.66. The highest BCUT2D eigenvalue weighted by molar-refractivity contribution is 6.00. The zero-order valence-electron chi connectivity index (χ0n) is 32.6. The van der Waals surface area contributed by atoms with Gasteiger partial charge in [-0.25, -0.2) is 4.99 Å². The van der Waals surface area contributed by atoms with Crippen LogP contribution in [-0.2, 0) is 5.41 Å². The number of pyridine rings is 1. The van der Waals surface area contributed by atoms with E-state index in [-0.39, 0.29) is 12.3 Å². The van der Waals surface area contributed by atoms with Crippen molar-refractivity contribution < 1.29 is 4.74 Å². The zero-order valence-corrected chi connectivity index (χ0v) is 32.6. The van der Waals surface area contributed by atoms with Gasteiger partial charge in [-0.3, -0.25) is 10.3 Å². The molecule has 2 unspecified atom stereocenters. The molecule has 1 spiro atoms. The summed E-state index contributed by atoms with van der Waals surface area (Å²) in [5.74, 6) is 2.62. The predicted molar refractivity (Wildman–Crippen MR) is 241 cm³/mol. The van der Waals surface area contributed by atoms with E-state index < -0.39 is 5.41 Å². The molecule has 8 aromatic carbocycles. The molecule has 0 bridgehead atoms. The van der Waals surface area contributed by atoms with Gasteiger partial charge in [0.25, 0.3) is 0 Å². The van der Waals surface area contributed by atoms with Crippen LogP contribution in [0.15, 0.2) is 211 Å². The number of fused-ring (bicyclic) bond motifs is 10. The van der Waals surface area contributed by atoms with E-state index in [1.54, 1.807) is 0 Å². The second-order valence-electron chi connectivity index (χ2n) is 15.8. The van der Waals surface area contributed by atoms with Gasteiger partial charge < -0.3 is 10.1 Å². The Kier molecular flexibility index (Phi) is 7.90. The third-order valence-electron chi connectivity index (χ3n) is 12.5. The van der Waals surface area contributed by atoms with Crippen LogP contribution < -0.4 is 15.4 Å². The first-order valence-corrected chi connectivity index (χ1v) is 20.5. The number of hydrogen-bond acceptors (Lipinski definition) is 5. The van der Waals surface area contributed by atoms with E-state index in [1.807, 2.05) is 18.3 Å². The van der Waals surface area contributed by atoms with E-state index >= 15 is 0 Å². The Balaban J connectivity index is 1.03. The lowest BCUT2D eigenvalue weighted by Crippen LogP contribution is -2.44. The van der Waals surface area contributed by atoms with Gasteiger partial charge in [0.05, 0.1) is 10.9 Å². The van der Waals surface area contributed by atoms with Crippen molar-refractivity contribution in [3.8, 4) is 44.9 Å². The number of nitrogens with one attached hydrogen (secondary N) is 2. The van der Waals surface area contributed by atoms with Crippen LogP contribution in [0.1, 0.15) is 51.3 Å². The number of hydrogen-bond donors (Lipinski definition) is 2. The first-order chi connectivity index (χ1) is 29.7. The highest BCUT2D eigenvalue weighted by Gasteiger charge is 2.51. The molecule has 2 atom stereocenters. The Morgan fingerprint density at radius 2 is 1.07 bits per heavy atom. The average Bonchev–Trinajstić information content (AvgIpc) is 3.61. The van der Waals surface area contributed by atoms with Gasteiger partial charge in [0.2, 0.25) is 0 Å². The van der Waals surface area contributed by atoms with E-state index in [0.29, 0.717) is 0 Å². The molecule has 5 heteroatoms. The smallest absolute Gasteiger partial charge is 0.132 e. The van der Waals surface area contributed by atoms with Crippen molar-refractivity contribution in [1.29, 1.82) is 0 Å². The van der Waals surface area contributed by atoms with Crippen LogP contribution in [0, 0.1) is 0 Å². The van der Waals surface area contributed by atoms with Gasteiger partial charge in [0.15, 0.2) is 0 Å². The minimum absolute atomic E-state index is 0.134. The van der Waals surface area contributed by atoms with Crippen molar-refractivity contribution in [2.45, 2.75) is 17.7 Å². The quantitative estimate of drug-likeness (QED) is 0.183. The summed E-state index contributed by atoms with van der Waals surface area (Å²) in [5, 5.41) is 8.69. The fourth-order valence-corrected chi connectivity index (χ4v) is 9.75. The fraction of sp³-hybridized carbons (Fsp3) is 0.0545. The molecule has 0 fully saturated rings. The summed E-state index contributed by atoms with van der Waals surface area (Å²) in [7, 11) is 0. The number of nitrogens with zero attached hydrogens (tertiary/aromatic N) is 2. The highest BCUT2D eigenvalue weighted by Crippen LogP contribution is 2.62. The maximum Gasteiger partial charge on any atom is 0.132 e. The molecular formula is C55H38N4O. The van der Waals surface area contributed by atoms with E-state index in [9.17, 15) is 0 Å². The fourth-order valence-electron chi connectivity index (χ4n) is 9.75. The standard InChI is InChI=1S/C55H38N4O/c1-3-13-37(14-4-1)52-57-53(38-15-5-2-6-16-38)59-54(58-52)40-28-30-46-44(34-40)43-33-39(35-23-25-36(26-24-35)41-31-32-56-49-20-10-7-17-42(41)49)27-29-45(43)55(46)47-18-8-11-21-50(47)60-51-22-12-9-19-48(51)55/h1-34,52,54,58H,(H,57,59). The maximum atomic E-state index is 6.65. The molecule has 1 aliphatic carbocycles. The van der Waals surface area contributed by atoms with Crippen LogP contribution in [0.2, 0.25) is 0 Å². The minimum Gasteiger partial charge on any atom is -0.457 e. The van der Waals surface area contributed by atoms with Crippen LogP contribution in [0.4, 0.5) is 0 Å². The Hall–Kier alpha value is -7.60. The van der Waals surface area contributed by atoms with Gasteiger partial charge in [-0.1, -0.05) is 164 Å². The number of amidine groups is 1. The van der Waals surface area contributed by atoms with Gasteiger partial charge in [-0.05, 0) is 92.0 Å². The number of rotatable bonds is 5. The summed E-state index contributed by atoms with van der Waals surface area (Å²) in [6, 6.07) is 71.5. The highest BCUT2D eigenvalue weighted by atomic mass is 16.5. The summed E-state index contributed by atoms with van der Waals surface area (Å²) in [6.45, 7) is 0. The summed E-state index contributed by atoms with van der Waals surface area (Å²) in [6.07, 6.45) is 1.46. The molecule has 3 aliphatic rings. The molecule has 2 aliphatic heterocycles. The van der Waals surface area contributed by atoms with Crippen molar-refractivity contribution >= 4 is 16.7 Å². The van der Waals surface area contributed by atoms with Crippen LogP contribution >= 0.6 is 0 Å². The molecular weight excluding hydrogens is 733 g/mol. The van der Waals surface area contributed by atoms with Crippen molar-refractivity contribution in [3.05, 3.63) is 245 Å². The van der Waals surface area contributed by atoms with Gasteiger partial charge in [0, 0.05) is 28.3 Å². The van der Waals surface area contributed by atoms with Gasteiger partial charge in [-0.15, -0.1) is 0 Å². The molecule has 12 rings (SSSR count). The van der Waals surface area contributed by atoms with Crippen molar-refractivity contribution in [2.75, 3.05) is 0 Å². The predicted octanol–water partition coefficient (Wildman–Crippen LogP) is 12.4. The van der Waals surface area contributed by atoms with E-state index in [4.69, 9.17) is 9.73 Å². The topological polar surface area (TPSA) is 58.5 Å². The van der Waals surface area contributed by atoms with Crippen molar-refractivity contribution in [1.82, 2.24) is 15.6 Å². The molecule has 0 amide bonds. The van der Waals surface area contributed by atoms with E-state index in [1.165, 1.54) is 33.4 Å². The van der Waals surface area contributed by atoms with Crippen LogP contribution in [-0.4, -0.2) is 10.8 Å². The lowest BCUT2D eigenvalue weighted by Gasteiger charge is -2.39. The SMILES string of the molecule is c1ccc(C2=NC(c3ccc4c(c3)-c3cc(-c5ccc(-c6ccnc7ccccc67)cc5)ccc3C43c4ccccc4Oc4ccccc43)NC(c3ccccc3)N2)cc1. The second-order valence-corrected chi connectivity index (χ2v) is 15.8. The Bertz CT molecular complexity index is 3090. The van der Waals surface area contributed by atoms with Gasteiger partial charge in [-0.2, -0.15) is 0 Å². The average molecular weight is 771 g/mol. The van der Waals surface area contributed by atoms with Crippen LogP contribution in [0.3, 0.4) is 0 Å². The maximum absolute atomic E-state index is 6.65. The molecule has 5 nitrogen and oxygen atoms in total. The number of aliphatic imine (C=N–C) groups is 1. The second kappa shape index (κ2) is 13.8. The summed E-state index contributed by atoms with van der Waals surface area (Å²) < 4.78 is 6.65. The molecule has 0 radical (unpaired) electrons. The molecule has 9 aromatic rings. The molecule has 0 saturated heterocycles.